The minimum absolute atomic E-state index is 0.0206. The van der Waals surface area contributed by atoms with Gasteiger partial charge in [-0.3, -0.25) is 9.59 Å². The third-order valence-electron chi connectivity index (χ3n) is 3.93. The van der Waals surface area contributed by atoms with Crippen LogP contribution in [0.3, 0.4) is 0 Å². The summed E-state index contributed by atoms with van der Waals surface area (Å²) in [6.07, 6.45) is 0.652. The van der Waals surface area contributed by atoms with E-state index in [2.05, 4.69) is 53.8 Å². The highest BCUT2D eigenvalue weighted by Crippen LogP contribution is 2.34. The first kappa shape index (κ1) is 23.1. The van der Waals surface area contributed by atoms with Crippen LogP contribution in [-0.2, 0) is 14.3 Å². The lowest BCUT2D eigenvalue weighted by molar-refractivity contribution is -0.137. The van der Waals surface area contributed by atoms with Crippen molar-refractivity contribution in [1.82, 2.24) is 5.32 Å². The average molecular weight is 342 g/mol. The highest BCUT2D eigenvalue weighted by molar-refractivity contribution is 5.91. The number of Topliss-reactive ketones (excluding diaryl/α,β-unsaturated/α-hetero) is 1. The smallest absolute Gasteiger partial charge is 0.246 e. The number of nitrogens with one attached hydrogen (secondary N) is 1. The van der Waals surface area contributed by atoms with E-state index in [4.69, 9.17) is 4.74 Å². The van der Waals surface area contributed by atoms with E-state index in [0.29, 0.717) is 12.3 Å². The van der Waals surface area contributed by atoms with Gasteiger partial charge in [-0.25, -0.2) is 0 Å². The predicted octanol–water partition coefficient (Wildman–Crippen LogP) is 4.22. The Hall–Kier alpha value is -0.900. The first-order chi connectivity index (χ1) is 10.6. The fourth-order valence-electron chi connectivity index (χ4n) is 3.21. The van der Waals surface area contributed by atoms with Gasteiger partial charge < -0.3 is 10.1 Å². The van der Waals surface area contributed by atoms with Crippen molar-refractivity contribution in [2.24, 2.45) is 23.2 Å². The summed E-state index contributed by atoms with van der Waals surface area (Å²) in [6, 6.07) is -0.451. The number of carbonyl (C=O) groups excluding carboxylic acids is 2. The van der Waals surface area contributed by atoms with Gasteiger partial charge in [-0.15, -0.1) is 0 Å². The van der Waals surface area contributed by atoms with Crippen LogP contribution >= 0.6 is 0 Å². The summed E-state index contributed by atoms with van der Waals surface area (Å²) in [5, 5.41) is 2.91. The van der Waals surface area contributed by atoms with Gasteiger partial charge in [0.15, 0.2) is 5.78 Å². The van der Waals surface area contributed by atoms with Crippen LogP contribution in [0.2, 0.25) is 0 Å². The highest BCUT2D eigenvalue weighted by Gasteiger charge is 2.38. The maximum atomic E-state index is 13.1. The number of hydrogen-bond donors (Lipinski definition) is 1. The zero-order valence-corrected chi connectivity index (χ0v) is 17.4. The second-order valence-electron chi connectivity index (χ2n) is 9.64. The first-order valence-corrected chi connectivity index (χ1v) is 9.12. The molecule has 0 spiro atoms. The molecule has 0 fully saturated rings. The quantitative estimate of drug-likeness (QED) is 0.719. The van der Waals surface area contributed by atoms with Crippen LogP contribution in [0.25, 0.3) is 0 Å². The molecule has 0 aliphatic heterocycles. The van der Waals surface area contributed by atoms with Gasteiger partial charge in [0.25, 0.3) is 0 Å². The SMILES string of the molecule is CC(C)C[C@H](NC(=O)COC(C)(C)C)C(=O)C(C(C)C)C(C)(C)C. The van der Waals surface area contributed by atoms with E-state index in [1.807, 2.05) is 20.8 Å². The normalized spacial score (nSPS) is 15.5. The largest absolute Gasteiger partial charge is 0.366 e. The van der Waals surface area contributed by atoms with Crippen molar-refractivity contribution in [2.45, 2.75) is 87.3 Å². The molecule has 1 N–H and O–H groups in total. The number of ether oxygens (including phenoxy) is 1. The number of amides is 1. The molecular weight excluding hydrogens is 302 g/mol. The Labute approximate surface area is 149 Å². The molecule has 0 heterocycles. The summed E-state index contributed by atoms with van der Waals surface area (Å²) in [6.45, 7) is 20.3. The molecular formula is C20H39NO3. The van der Waals surface area contributed by atoms with Crippen LogP contribution in [0.15, 0.2) is 0 Å². The maximum absolute atomic E-state index is 13.1. The summed E-state index contributed by atoms with van der Waals surface area (Å²) in [4.78, 5) is 25.4. The Morgan fingerprint density at radius 1 is 0.958 bits per heavy atom. The third kappa shape index (κ3) is 8.81. The van der Waals surface area contributed by atoms with Crippen molar-refractivity contribution in [1.29, 1.82) is 0 Å². The Bertz CT molecular complexity index is 414. The summed E-state index contributed by atoms with van der Waals surface area (Å²) in [5.41, 5.74) is -0.506. The van der Waals surface area contributed by atoms with Gasteiger partial charge in [0, 0.05) is 5.92 Å². The molecule has 0 saturated heterocycles. The second-order valence-corrected chi connectivity index (χ2v) is 9.64. The van der Waals surface area contributed by atoms with E-state index in [0.717, 1.165) is 0 Å². The van der Waals surface area contributed by atoms with E-state index >= 15 is 0 Å². The standard InChI is InChI=1S/C20H39NO3/c1-13(2)11-15(21-16(22)12-24-20(8,9)10)18(23)17(14(3)4)19(5,6)7/h13-15,17H,11-12H2,1-10H3,(H,21,22)/t15-,17?/m0/s1. The number of hydrogen-bond acceptors (Lipinski definition) is 3. The van der Waals surface area contributed by atoms with E-state index in [-0.39, 0.29) is 41.1 Å². The number of ketones is 1. The fraction of sp³-hybridized carbons (Fsp3) is 0.900. The van der Waals surface area contributed by atoms with Gasteiger partial charge in [-0.05, 0) is 44.4 Å². The van der Waals surface area contributed by atoms with Gasteiger partial charge in [-0.2, -0.15) is 0 Å². The summed E-state index contributed by atoms with van der Waals surface area (Å²) < 4.78 is 5.53. The van der Waals surface area contributed by atoms with Crippen LogP contribution < -0.4 is 5.32 Å². The Morgan fingerprint density at radius 2 is 1.46 bits per heavy atom. The molecule has 0 aliphatic rings. The van der Waals surface area contributed by atoms with Crippen LogP contribution in [0.1, 0.15) is 75.7 Å². The maximum Gasteiger partial charge on any atom is 0.246 e. The fourth-order valence-corrected chi connectivity index (χ4v) is 3.21. The Morgan fingerprint density at radius 3 is 1.79 bits per heavy atom. The number of rotatable bonds is 8. The summed E-state index contributed by atoms with van der Waals surface area (Å²) in [7, 11) is 0. The van der Waals surface area contributed by atoms with Crippen LogP contribution in [0, 0.1) is 23.2 Å². The zero-order valence-electron chi connectivity index (χ0n) is 17.4. The molecule has 142 valence electrons. The Balaban J connectivity index is 5.17. The molecule has 1 unspecified atom stereocenters. The summed E-state index contributed by atoms with van der Waals surface area (Å²) in [5.74, 6) is 0.381. The van der Waals surface area contributed by atoms with Crippen molar-refractivity contribution >= 4 is 11.7 Å². The highest BCUT2D eigenvalue weighted by atomic mass is 16.5. The van der Waals surface area contributed by atoms with Gasteiger partial charge in [0.05, 0.1) is 11.6 Å². The van der Waals surface area contributed by atoms with E-state index in [9.17, 15) is 9.59 Å². The van der Waals surface area contributed by atoms with Crippen molar-refractivity contribution < 1.29 is 14.3 Å². The van der Waals surface area contributed by atoms with Gasteiger partial charge in [-0.1, -0.05) is 48.5 Å². The van der Waals surface area contributed by atoms with Crippen molar-refractivity contribution in [2.75, 3.05) is 6.61 Å². The second kappa shape index (κ2) is 8.98. The zero-order chi connectivity index (χ0) is 19.3. The monoisotopic (exact) mass is 341 g/mol. The van der Waals surface area contributed by atoms with E-state index < -0.39 is 6.04 Å². The molecule has 0 aliphatic carbocycles. The molecule has 0 aromatic rings. The van der Waals surface area contributed by atoms with Crippen molar-refractivity contribution in [3.63, 3.8) is 0 Å². The van der Waals surface area contributed by atoms with Gasteiger partial charge in [0.2, 0.25) is 5.91 Å². The van der Waals surface area contributed by atoms with E-state index in [1.165, 1.54) is 0 Å². The van der Waals surface area contributed by atoms with Crippen LogP contribution in [0.4, 0.5) is 0 Å². The van der Waals surface area contributed by atoms with Crippen LogP contribution in [0.5, 0.6) is 0 Å². The third-order valence-corrected chi connectivity index (χ3v) is 3.93. The lowest BCUT2D eigenvalue weighted by Crippen LogP contribution is -2.49. The molecule has 0 aromatic heterocycles. The number of carbonyl (C=O) groups is 2. The molecule has 24 heavy (non-hydrogen) atoms. The molecule has 4 nitrogen and oxygen atoms in total. The van der Waals surface area contributed by atoms with Crippen molar-refractivity contribution in [3.05, 3.63) is 0 Å². The van der Waals surface area contributed by atoms with Crippen molar-refractivity contribution in [3.8, 4) is 0 Å². The molecule has 0 bridgehead atoms. The molecule has 0 saturated carbocycles. The minimum Gasteiger partial charge on any atom is -0.366 e. The van der Waals surface area contributed by atoms with Gasteiger partial charge in [0.1, 0.15) is 6.61 Å². The average Bonchev–Trinajstić information content (AvgIpc) is 2.31. The lowest BCUT2D eigenvalue weighted by Gasteiger charge is -2.36. The molecule has 0 radical (unpaired) electrons. The molecule has 4 heteroatoms. The predicted molar refractivity (Wildman–Crippen MR) is 99.9 cm³/mol. The molecule has 2 atom stereocenters. The van der Waals surface area contributed by atoms with Crippen LogP contribution in [-0.4, -0.2) is 29.9 Å². The minimum atomic E-state index is -0.451. The van der Waals surface area contributed by atoms with Gasteiger partial charge >= 0.3 is 0 Å². The molecule has 0 aromatic carbocycles. The first-order valence-electron chi connectivity index (χ1n) is 9.12. The molecule has 1 amide bonds. The lowest BCUT2D eigenvalue weighted by atomic mass is 9.70. The Kier molecular flexibility index (Phi) is 8.64. The summed E-state index contributed by atoms with van der Waals surface area (Å²) >= 11 is 0. The topological polar surface area (TPSA) is 55.4 Å². The molecule has 0 rings (SSSR count). The van der Waals surface area contributed by atoms with E-state index in [1.54, 1.807) is 0 Å².